The Morgan fingerprint density at radius 3 is 3.04 bits per heavy atom. The summed E-state index contributed by atoms with van der Waals surface area (Å²) in [6.07, 6.45) is 11.4. The number of nitrogens with zero attached hydrogens (tertiary/aromatic N) is 1. The maximum Gasteiger partial charge on any atom is 0.231 e. The second kappa shape index (κ2) is 6.24. The number of amides is 1. The molecule has 6 bridgehead atoms. The van der Waals surface area contributed by atoms with Gasteiger partial charge < -0.3 is 19.7 Å². The smallest absolute Gasteiger partial charge is 0.231 e. The zero-order chi connectivity index (χ0) is 17.7. The average Bonchev–Trinajstić information content (AvgIpc) is 3.27. The van der Waals surface area contributed by atoms with Crippen LogP contribution in [0.3, 0.4) is 0 Å². The fourth-order valence-corrected chi connectivity index (χ4v) is 5.81. The van der Waals surface area contributed by atoms with E-state index in [-0.39, 0.29) is 30.5 Å². The number of fused-ring (bicyclic) bond motifs is 1. The third-order valence-electron chi connectivity index (χ3n) is 6.97. The number of aliphatic hydroxyl groups excluding tert-OH is 1. The van der Waals surface area contributed by atoms with E-state index in [1.165, 1.54) is 5.56 Å². The molecule has 1 spiro atoms. The van der Waals surface area contributed by atoms with E-state index in [0.29, 0.717) is 0 Å². The van der Waals surface area contributed by atoms with Crippen molar-refractivity contribution in [1.82, 2.24) is 10.2 Å². The standard InChI is InChI=1S/C21H28N2O3/c24-13-14-12-21-17-8-10-23(20(21)25)9-6-4-2-1-3-5-7-15-11-16(17)18(26-15)19(21)22-14/h1,3,11,14,17,19,22,24H,2,4-10,12-13H2/b3-1-/t14-,17?,19-,21?/m1/s1. The van der Waals surface area contributed by atoms with E-state index in [1.807, 2.05) is 0 Å². The van der Waals surface area contributed by atoms with E-state index in [4.69, 9.17) is 4.42 Å². The van der Waals surface area contributed by atoms with Crippen LogP contribution in [0, 0.1) is 5.41 Å². The highest BCUT2D eigenvalue weighted by Crippen LogP contribution is 2.64. The molecule has 0 saturated carbocycles. The van der Waals surface area contributed by atoms with Gasteiger partial charge in [-0.1, -0.05) is 12.2 Å². The summed E-state index contributed by atoms with van der Waals surface area (Å²) in [5, 5.41) is 13.3. The summed E-state index contributed by atoms with van der Waals surface area (Å²) >= 11 is 0. The minimum Gasteiger partial charge on any atom is -0.464 e. The maximum absolute atomic E-state index is 13.6. The summed E-state index contributed by atoms with van der Waals surface area (Å²) in [5.74, 6) is 2.51. The summed E-state index contributed by atoms with van der Waals surface area (Å²) < 4.78 is 6.28. The average molecular weight is 356 g/mol. The highest BCUT2D eigenvalue weighted by Gasteiger charge is 2.66. The van der Waals surface area contributed by atoms with Crippen molar-refractivity contribution in [3.8, 4) is 0 Å². The van der Waals surface area contributed by atoms with E-state index in [9.17, 15) is 9.90 Å². The topological polar surface area (TPSA) is 65.7 Å². The molecule has 2 N–H and O–H groups in total. The van der Waals surface area contributed by atoms with E-state index in [1.54, 1.807) is 0 Å². The van der Waals surface area contributed by atoms with Gasteiger partial charge in [0.1, 0.15) is 11.5 Å². The molecule has 2 unspecified atom stereocenters. The van der Waals surface area contributed by atoms with Gasteiger partial charge in [-0.3, -0.25) is 4.79 Å². The molecule has 1 amide bonds. The Bertz CT molecular complexity index is 740. The number of nitrogens with one attached hydrogen (secondary N) is 1. The lowest BCUT2D eigenvalue weighted by Crippen LogP contribution is -2.52. The molecule has 1 aliphatic carbocycles. The van der Waals surface area contributed by atoms with Gasteiger partial charge in [-0.25, -0.2) is 0 Å². The minimum absolute atomic E-state index is 0.0186. The number of allylic oxidation sites excluding steroid dienone is 2. The first-order valence-corrected chi connectivity index (χ1v) is 10.2. The maximum atomic E-state index is 13.6. The quantitative estimate of drug-likeness (QED) is 0.759. The Hall–Kier alpha value is -1.59. The van der Waals surface area contributed by atoms with Crippen molar-refractivity contribution in [2.75, 3.05) is 19.7 Å². The second-order valence-corrected chi connectivity index (χ2v) is 8.40. The number of carbonyl (C=O) groups is 1. The number of piperidine rings is 1. The van der Waals surface area contributed by atoms with E-state index >= 15 is 0 Å². The lowest BCUT2D eigenvalue weighted by Gasteiger charge is -2.43. The van der Waals surface area contributed by atoms with Crippen LogP contribution in [0.2, 0.25) is 0 Å². The van der Waals surface area contributed by atoms with E-state index < -0.39 is 5.41 Å². The Labute approximate surface area is 154 Å². The van der Waals surface area contributed by atoms with Gasteiger partial charge in [0.25, 0.3) is 0 Å². The van der Waals surface area contributed by atoms with Gasteiger partial charge in [0, 0.05) is 31.5 Å². The van der Waals surface area contributed by atoms with Crippen LogP contribution in [0.5, 0.6) is 0 Å². The van der Waals surface area contributed by atoms with Gasteiger partial charge in [-0.05, 0) is 50.2 Å². The van der Waals surface area contributed by atoms with Crippen LogP contribution < -0.4 is 5.32 Å². The van der Waals surface area contributed by atoms with Crippen molar-refractivity contribution in [2.45, 2.75) is 62.9 Å². The number of carbonyl (C=O) groups excluding carboxylic acids is 1. The zero-order valence-electron chi connectivity index (χ0n) is 15.2. The molecule has 6 aliphatic rings. The molecule has 2 saturated heterocycles. The van der Waals surface area contributed by atoms with Crippen LogP contribution in [0.15, 0.2) is 22.6 Å². The van der Waals surface area contributed by atoms with Gasteiger partial charge in [0.05, 0.1) is 18.1 Å². The molecule has 140 valence electrons. The van der Waals surface area contributed by atoms with Crippen LogP contribution in [0.1, 0.15) is 67.6 Å². The van der Waals surface area contributed by atoms with Crippen molar-refractivity contribution in [1.29, 1.82) is 0 Å². The van der Waals surface area contributed by atoms with Gasteiger partial charge >= 0.3 is 0 Å². The Kier molecular flexibility index (Phi) is 3.98. The molecule has 6 heterocycles. The van der Waals surface area contributed by atoms with Crippen LogP contribution in [0.4, 0.5) is 0 Å². The second-order valence-electron chi connectivity index (χ2n) is 8.40. The van der Waals surface area contributed by atoms with Crippen molar-refractivity contribution in [2.24, 2.45) is 5.41 Å². The highest BCUT2D eigenvalue weighted by atomic mass is 16.3. The van der Waals surface area contributed by atoms with Gasteiger partial charge in [-0.15, -0.1) is 0 Å². The summed E-state index contributed by atoms with van der Waals surface area (Å²) in [7, 11) is 0. The molecule has 5 aliphatic heterocycles. The minimum atomic E-state index is -0.448. The molecule has 5 heteroatoms. The monoisotopic (exact) mass is 356 g/mol. The lowest BCUT2D eigenvalue weighted by atomic mass is 9.67. The van der Waals surface area contributed by atoms with E-state index in [0.717, 1.165) is 69.6 Å². The van der Waals surface area contributed by atoms with Gasteiger partial charge in [-0.2, -0.15) is 0 Å². The van der Waals surface area contributed by atoms with Crippen molar-refractivity contribution in [3.63, 3.8) is 0 Å². The van der Waals surface area contributed by atoms with Crippen LogP contribution >= 0.6 is 0 Å². The molecular formula is C21H28N2O3. The first-order valence-electron chi connectivity index (χ1n) is 10.2. The van der Waals surface area contributed by atoms with Gasteiger partial charge in [0.15, 0.2) is 0 Å². The van der Waals surface area contributed by atoms with Gasteiger partial charge in [0.2, 0.25) is 5.91 Å². The predicted molar refractivity (Wildman–Crippen MR) is 97.8 cm³/mol. The summed E-state index contributed by atoms with van der Waals surface area (Å²) in [4.78, 5) is 15.7. The number of aryl methyl sites for hydroxylation is 1. The first-order chi connectivity index (χ1) is 12.7. The van der Waals surface area contributed by atoms with Crippen molar-refractivity contribution in [3.05, 3.63) is 35.3 Å². The molecule has 7 rings (SSSR count). The van der Waals surface area contributed by atoms with Crippen LogP contribution in [-0.2, 0) is 11.2 Å². The highest BCUT2D eigenvalue weighted by molar-refractivity contribution is 5.88. The van der Waals surface area contributed by atoms with Crippen LogP contribution in [0.25, 0.3) is 0 Å². The zero-order valence-corrected chi connectivity index (χ0v) is 15.2. The molecule has 4 atom stereocenters. The third kappa shape index (κ3) is 2.26. The fraction of sp³-hybridized carbons (Fsp3) is 0.667. The Balaban J connectivity index is 1.58. The molecule has 1 aromatic heterocycles. The van der Waals surface area contributed by atoms with Crippen molar-refractivity contribution >= 4 is 5.91 Å². The third-order valence-corrected chi connectivity index (χ3v) is 6.97. The molecule has 0 aromatic carbocycles. The van der Waals surface area contributed by atoms with Crippen molar-refractivity contribution < 1.29 is 14.3 Å². The normalized spacial score (nSPS) is 37.7. The number of hydrogen-bond acceptors (Lipinski definition) is 4. The number of furan rings is 1. The number of hydrogen-bond donors (Lipinski definition) is 2. The fourth-order valence-electron chi connectivity index (χ4n) is 5.81. The molecule has 2 fully saturated rings. The predicted octanol–water partition coefficient (Wildman–Crippen LogP) is 2.66. The largest absolute Gasteiger partial charge is 0.464 e. The number of rotatable bonds is 1. The van der Waals surface area contributed by atoms with Crippen LogP contribution in [-0.4, -0.2) is 41.7 Å². The summed E-state index contributed by atoms with van der Waals surface area (Å²) in [5.41, 5.74) is 0.803. The SMILES string of the molecule is O=C1N2CCCC/C=C\CCc3cc4c(o3)[C@H]3N[C@@H](CO)CC13C4CC2. The molecule has 1 aromatic rings. The molecule has 5 nitrogen and oxygen atoms in total. The summed E-state index contributed by atoms with van der Waals surface area (Å²) in [6, 6.07) is 2.12. The lowest BCUT2D eigenvalue weighted by molar-refractivity contribution is -0.148. The molecular weight excluding hydrogens is 328 g/mol. The Morgan fingerprint density at radius 2 is 2.15 bits per heavy atom. The number of aliphatic hydroxyl groups is 1. The van der Waals surface area contributed by atoms with E-state index in [2.05, 4.69) is 28.4 Å². The molecule has 0 radical (unpaired) electrons. The summed E-state index contributed by atoms with van der Waals surface area (Å²) in [6.45, 7) is 1.77. The Morgan fingerprint density at radius 1 is 1.27 bits per heavy atom. The first kappa shape index (κ1) is 16.6. The molecule has 26 heavy (non-hydrogen) atoms.